The smallest absolute Gasteiger partial charge is 0.223 e. The summed E-state index contributed by atoms with van der Waals surface area (Å²) in [6.45, 7) is 3.73. The summed E-state index contributed by atoms with van der Waals surface area (Å²) in [5.41, 5.74) is 6.88. The van der Waals surface area contributed by atoms with Gasteiger partial charge in [-0.15, -0.1) is 0 Å². The maximum absolute atomic E-state index is 5.98. The van der Waals surface area contributed by atoms with Crippen molar-refractivity contribution < 1.29 is 9.47 Å². The molecule has 1 saturated carbocycles. The molecule has 0 aromatic carbocycles. The summed E-state index contributed by atoms with van der Waals surface area (Å²) in [6, 6.07) is 0. The number of hydrogen-bond acceptors (Lipinski definition) is 5. The molecule has 2 aliphatic rings. The van der Waals surface area contributed by atoms with Crippen LogP contribution in [0.15, 0.2) is 6.20 Å². The van der Waals surface area contributed by atoms with Crippen LogP contribution in [0.25, 0.3) is 0 Å². The SMILES string of the molecule is C[C@H]1CC[C@H](c2cnc(N)nc2OCC2CCCCO2)CC1. The summed E-state index contributed by atoms with van der Waals surface area (Å²) in [6.07, 6.45) is 10.4. The summed E-state index contributed by atoms with van der Waals surface area (Å²) >= 11 is 0. The molecule has 2 heterocycles. The van der Waals surface area contributed by atoms with Crippen molar-refractivity contribution in [1.29, 1.82) is 0 Å². The fraction of sp³-hybridized carbons (Fsp3) is 0.765. The van der Waals surface area contributed by atoms with Crippen molar-refractivity contribution in [2.45, 2.75) is 63.9 Å². The third-order valence-electron chi connectivity index (χ3n) is 4.93. The fourth-order valence-electron chi connectivity index (χ4n) is 3.47. The Bertz CT molecular complexity index is 481. The molecule has 0 spiro atoms. The number of nitrogens with two attached hydrogens (primary N) is 1. The Morgan fingerprint density at radius 1 is 1.23 bits per heavy atom. The number of ether oxygens (including phenoxy) is 2. The maximum atomic E-state index is 5.98. The van der Waals surface area contributed by atoms with Crippen molar-refractivity contribution in [3.05, 3.63) is 11.8 Å². The van der Waals surface area contributed by atoms with Gasteiger partial charge in [0.25, 0.3) is 0 Å². The lowest BCUT2D eigenvalue weighted by Crippen LogP contribution is -2.26. The predicted molar refractivity (Wildman–Crippen MR) is 85.9 cm³/mol. The van der Waals surface area contributed by atoms with Gasteiger partial charge >= 0.3 is 0 Å². The Kier molecular flexibility index (Phi) is 5.13. The summed E-state index contributed by atoms with van der Waals surface area (Å²) in [5.74, 6) is 2.28. The van der Waals surface area contributed by atoms with Gasteiger partial charge in [-0.05, 0) is 43.9 Å². The van der Waals surface area contributed by atoms with E-state index < -0.39 is 0 Å². The summed E-state index contributed by atoms with van der Waals surface area (Å²) in [7, 11) is 0. The van der Waals surface area contributed by atoms with E-state index >= 15 is 0 Å². The van der Waals surface area contributed by atoms with Gasteiger partial charge in [-0.1, -0.05) is 19.8 Å². The second-order valence-electron chi connectivity index (χ2n) is 6.75. The van der Waals surface area contributed by atoms with Crippen molar-refractivity contribution in [1.82, 2.24) is 9.97 Å². The maximum Gasteiger partial charge on any atom is 0.223 e. The van der Waals surface area contributed by atoms with Gasteiger partial charge in [0, 0.05) is 18.4 Å². The van der Waals surface area contributed by atoms with Crippen LogP contribution in [-0.4, -0.2) is 29.3 Å². The van der Waals surface area contributed by atoms with E-state index in [4.69, 9.17) is 15.2 Å². The Morgan fingerprint density at radius 3 is 2.77 bits per heavy atom. The first-order chi connectivity index (χ1) is 10.7. The van der Waals surface area contributed by atoms with Crippen LogP contribution in [0, 0.1) is 5.92 Å². The zero-order valence-electron chi connectivity index (χ0n) is 13.5. The first-order valence-electron chi connectivity index (χ1n) is 8.59. The average molecular weight is 305 g/mol. The Labute approximate surface area is 132 Å². The van der Waals surface area contributed by atoms with Gasteiger partial charge in [0.2, 0.25) is 11.8 Å². The lowest BCUT2D eigenvalue weighted by molar-refractivity contribution is -0.0122. The van der Waals surface area contributed by atoms with Gasteiger partial charge < -0.3 is 15.2 Å². The van der Waals surface area contributed by atoms with Crippen molar-refractivity contribution in [2.24, 2.45) is 5.92 Å². The molecule has 5 heteroatoms. The first-order valence-corrected chi connectivity index (χ1v) is 8.59. The van der Waals surface area contributed by atoms with Gasteiger partial charge in [0.1, 0.15) is 6.61 Å². The van der Waals surface area contributed by atoms with Crippen LogP contribution < -0.4 is 10.5 Å². The van der Waals surface area contributed by atoms with E-state index in [1.807, 2.05) is 6.20 Å². The molecular weight excluding hydrogens is 278 g/mol. The van der Waals surface area contributed by atoms with E-state index in [9.17, 15) is 0 Å². The molecule has 1 saturated heterocycles. The lowest BCUT2D eigenvalue weighted by atomic mass is 9.80. The van der Waals surface area contributed by atoms with Gasteiger partial charge in [-0.3, -0.25) is 0 Å². The van der Waals surface area contributed by atoms with Crippen LogP contribution in [0.2, 0.25) is 0 Å². The van der Waals surface area contributed by atoms with Crippen molar-refractivity contribution >= 4 is 5.95 Å². The number of rotatable bonds is 4. The van der Waals surface area contributed by atoms with Crippen molar-refractivity contribution in [3.63, 3.8) is 0 Å². The third-order valence-corrected chi connectivity index (χ3v) is 4.93. The Hall–Kier alpha value is -1.36. The number of aromatic nitrogens is 2. The molecule has 1 atom stereocenters. The number of hydrogen-bond donors (Lipinski definition) is 1. The third kappa shape index (κ3) is 3.88. The number of anilines is 1. The predicted octanol–water partition coefficient (Wildman–Crippen LogP) is 3.30. The summed E-state index contributed by atoms with van der Waals surface area (Å²) in [4.78, 5) is 8.52. The molecule has 1 aliphatic heterocycles. The highest BCUT2D eigenvalue weighted by Crippen LogP contribution is 2.38. The minimum Gasteiger partial charge on any atom is -0.475 e. The summed E-state index contributed by atoms with van der Waals surface area (Å²) in [5, 5.41) is 0. The lowest BCUT2D eigenvalue weighted by Gasteiger charge is -2.28. The van der Waals surface area contributed by atoms with Crippen LogP contribution in [0.3, 0.4) is 0 Å². The fourth-order valence-corrected chi connectivity index (χ4v) is 3.47. The molecule has 0 bridgehead atoms. The normalized spacial score (nSPS) is 29.2. The molecule has 122 valence electrons. The number of nitrogens with zero attached hydrogens (tertiary/aromatic N) is 2. The van der Waals surface area contributed by atoms with E-state index in [1.165, 1.54) is 32.1 Å². The van der Waals surface area contributed by atoms with Crippen LogP contribution in [0.4, 0.5) is 5.95 Å². The largest absolute Gasteiger partial charge is 0.475 e. The number of nitrogen functional groups attached to an aromatic ring is 1. The topological polar surface area (TPSA) is 70.3 Å². The van der Waals surface area contributed by atoms with E-state index in [0.717, 1.165) is 30.9 Å². The zero-order valence-corrected chi connectivity index (χ0v) is 13.5. The van der Waals surface area contributed by atoms with Crippen molar-refractivity contribution in [3.8, 4) is 5.88 Å². The average Bonchev–Trinajstić information content (AvgIpc) is 2.55. The van der Waals surface area contributed by atoms with Crippen LogP contribution in [0.5, 0.6) is 5.88 Å². The molecule has 5 nitrogen and oxygen atoms in total. The van der Waals surface area contributed by atoms with E-state index in [-0.39, 0.29) is 12.1 Å². The molecule has 1 unspecified atom stereocenters. The highest BCUT2D eigenvalue weighted by Gasteiger charge is 2.24. The van der Waals surface area contributed by atoms with Crippen LogP contribution in [-0.2, 0) is 4.74 Å². The van der Waals surface area contributed by atoms with E-state index in [1.54, 1.807) is 0 Å². The van der Waals surface area contributed by atoms with Crippen LogP contribution in [0.1, 0.15) is 63.4 Å². The van der Waals surface area contributed by atoms with Gasteiger partial charge in [-0.25, -0.2) is 4.98 Å². The Morgan fingerprint density at radius 2 is 2.05 bits per heavy atom. The van der Waals surface area contributed by atoms with E-state index in [2.05, 4.69) is 16.9 Å². The summed E-state index contributed by atoms with van der Waals surface area (Å²) < 4.78 is 11.7. The van der Waals surface area contributed by atoms with E-state index in [0.29, 0.717) is 18.4 Å². The van der Waals surface area contributed by atoms with Crippen molar-refractivity contribution in [2.75, 3.05) is 18.9 Å². The second-order valence-corrected chi connectivity index (χ2v) is 6.75. The molecule has 3 rings (SSSR count). The van der Waals surface area contributed by atoms with Gasteiger partial charge in [0.15, 0.2) is 0 Å². The first kappa shape index (κ1) is 15.5. The monoisotopic (exact) mass is 305 g/mol. The molecular formula is C17H27N3O2. The Balaban J connectivity index is 1.67. The highest BCUT2D eigenvalue weighted by atomic mass is 16.5. The molecule has 1 aliphatic carbocycles. The minimum absolute atomic E-state index is 0.184. The standard InChI is InChI=1S/C17H27N3O2/c1-12-5-7-13(8-6-12)15-10-19-17(18)20-16(15)22-11-14-4-2-3-9-21-14/h10,12-14H,2-9,11H2,1H3,(H2,18,19,20)/t12-,13-,14?. The molecule has 2 N–H and O–H groups in total. The molecule has 0 radical (unpaired) electrons. The molecule has 2 fully saturated rings. The second kappa shape index (κ2) is 7.27. The molecule has 1 aromatic heterocycles. The quantitative estimate of drug-likeness (QED) is 0.924. The molecule has 22 heavy (non-hydrogen) atoms. The van der Waals surface area contributed by atoms with Gasteiger partial charge in [0.05, 0.1) is 6.10 Å². The van der Waals surface area contributed by atoms with Gasteiger partial charge in [-0.2, -0.15) is 4.98 Å². The van der Waals surface area contributed by atoms with Crippen LogP contribution >= 0.6 is 0 Å². The molecule has 1 aromatic rings. The molecule has 0 amide bonds. The minimum atomic E-state index is 0.184. The highest BCUT2D eigenvalue weighted by molar-refractivity contribution is 5.33. The zero-order chi connectivity index (χ0) is 15.4.